The molecule has 1 aromatic heterocycles. The molecule has 0 bridgehead atoms. The molecule has 3 amide bonds. The molecule has 0 radical (unpaired) electrons. The van der Waals surface area contributed by atoms with Crippen LogP contribution in [0.2, 0.25) is 0 Å². The van der Waals surface area contributed by atoms with E-state index in [1.165, 1.54) is 24.3 Å². The van der Waals surface area contributed by atoms with Crippen LogP contribution >= 0.6 is 0 Å². The largest absolute Gasteiger partial charge is 0.462 e. The second kappa shape index (κ2) is 10.6. The first kappa shape index (κ1) is 26.1. The van der Waals surface area contributed by atoms with Gasteiger partial charge in [-0.3, -0.25) is 25.2 Å². The lowest BCUT2D eigenvalue weighted by atomic mass is 10.1. The fraction of sp³-hybridized carbons (Fsp3) is 0.0870. The standard InChI is InChI=1S/C23H22N10O6/c24-15(34)8-14-19(36)31-16-20(38-13-6-9(17(25)26)4-5-12(13)18(27)35)32-23(33-21(16)39-14)37-11-3-1-2-10(7-11)30-22(28)29/h1-7,14H,8H2,(H2,24,34)(H3,25,26)(H2,27,35)(H,31,36)(H4,28,29,30). The Morgan fingerprint density at radius 2 is 1.82 bits per heavy atom. The predicted molar refractivity (Wildman–Crippen MR) is 137 cm³/mol. The summed E-state index contributed by atoms with van der Waals surface area (Å²) in [6.45, 7) is 0. The summed E-state index contributed by atoms with van der Waals surface area (Å²) in [5.74, 6) is -3.42. The van der Waals surface area contributed by atoms with Crippen LogP contribution in [0.25, 0.3) is 0 Å². The van der Waals surface area contributed by atoms with E-state index in [2.05, 4.69) is 20.6 Å². The molecule has 2 aromatic carbocycles. The number of hydrogen-bond donors (Lipinski definition) is 8. The van der Waals surface area contributed by atoms with Crippen LogP contribution in [0, 0.1) is 10.8 Å². The van der Waals surface area contributed by atoms with E-state index in [0.717, 1.165) is 0 Å². The summed E-state index contributed by atoms with van der Waals surface area (Å²) >= 11 is 0. The zero-order chi connectivity index (χ0) is 28.3. The van der Waals surface area contributed by atoms with Gasteiger partial charge in [-0.1, -0.05) is 12.1 Å². The molecule has 1 atom stereocenters. The van der Waals surface area contributed by atoms with E-state index in [1.54, 1.807) is 18.2 Å². The first-order valence-electron chi connectivity index (χ1n) is 11.0. The number of nitrogens with two attached hydrogens (primary N) is 4. The maximum Gasteiger partial charge on any atom is 0.328 e. The van der Waals surface area contributed by atoms with Crippen LogP contribution in [0.1, 0.15) is 22.3 Å². The Morgan fingerprint density at radius 3 is 2.49 bits per heavy atom. The molecular formula is C23H22N10O6. The molecule has 200 valence electrons. The van der Waals surface area contributed by atoms with Crippen LogP contribution < -0.4 is 47.8 Å². The third kappa shape index (κ3) is 6.08. The Labute approximate surface area is 219 Å². The Kier molecular flexibility index (Phi) is 7.10. The monoisotopic (exact) mass is 534 g/mol. The minimum Gasteiger partial charge on any atom is -0.462 e. The molecule has 3 aromatic rings. The van der Waals surface area contributed by atoms with Crippen molar-refractivity contribution in [1.29, 1.82) is 10.8 Å². The SMILES string of the molecule is N=C(N)Nc1cccc(Oc2nc(Oc3cc(C(=N)N)ccc3C(N)=O)c3c(n2)OC(CC(N)=O)C(=O)N3)c1. The van der Waals surface area contributed by atoms with Crippen LogP contribution in [-0.2, 0) is 9.59 Å². The summed E-state index contributed by atoms with van der Waals surface area (Å²) in [6, 6.07) is 10.0. The molecule has 0 spiro atoms. The van der Waals surface area contributed by atoms with Gasteiger partial charge in [0, 0.05) is 17.3 Å². The topological polar surface area (TPSA) is 281 Å². The molecule has 16 heteroatoms. The normalized spacial score (nSPS) is 13.7. The highest BCUT2D eigenvalue weighted by molar-refractivity contribution is 6.01. The van der Waals surface area contributed by atoms with Crippen molar-refractivity contribution in [3.05, 3.63) is 53.6 Å². The third-order valence-corrected chi connectivity index (χ3v) is 5.09. The van der Waals surface area contributed by atoms with Crippen LogP contribution in [-0.4, -0.2) is 45.6 Å². The van der Waals surface area contributed by atoms with Gasteiger partial charge in [0.1, 0.15) is 17.3 Å². The molecular weight excluding hydrogens is 512 g/mol. The van der Waals surface area contributed by atoms with E-state index in [0.29, 0.717) is 5.69 Å². The molecule has 0 saturated carbocycles. The molecule has 1 unspecified atom stereocenters. The van der Waals surface area contributed by atoms with Crippen molar-refractivity contribution in [2.45, 2.75) is 12.5 Å². The van der Waals surface area contributed by atoms with E-state index in [1.807, 2.05) is 0 Å². The summed E-state index contributed by atoms with van der Waals surface area (Å²) in [7, 11) is 0. The molecule has 39 heavy (non-hydrogen) atoms. The molecule has 4 rings (SSSR count). The number of rotatable bonds is 9. The maximum absolute atomic E-state index is 12.6. The number of nitrogens with one attached hydrogen (secondary N) is 4. The summed E-state index contributed by atoms with van der Waals surface area (Å²) in [4.78, 5) is 44.4. The highest BCUT2D eigenvalue weighted by Crippen LogP contribution is 2.41. The number of benzene rings is 2. The number of hydrogen-bond acceptors (Lipinski definition) is 10. The maximum atomic E-state index is 12.6. The Balaban J connectivity index is 1.79. The van der Waals surface area contributed by atoms with Gasteiger partial charge in [-0.2, -0.15) is 9.97 Å². The van der Waals surface area contributed by atoms with Gasteiger partial charge in [0.15, 0.2) is 17.8 Å². The number of carbonyl (C=O) groups excluding carboxylic acids is 3. The number of aromatic nitrogens is 2. The third-order valence-electron chi connectivity index (χ3n) is 5.09. The van der Waals surface area contributed by atoms with Crippen LogP contribution in [0.4, 0.5) is 11.4 Å². The van der Waals surface area contributed by atoms with Crippen LogP contribution in [0.3, 0.4) is 0 Å². The highest BCUT2D eigenvalue weighted by Gasteiger charge is 2.34. The minimum atomic E-state index is -1.30. The fourth-order valence-corrected chi connectivity index (χ4v) is 3.40. The average molecular weight is 534 g/mol. The van der Waals surface area contributed by atoms with Gasteiger partial charge < -0.3 is 47.8 Å². The quantitative estimate of drug-likeness (QED) is 0.137. The molecule has 0 saturated heterocycles. The van der Waals surface area contributed by atoms with Crippen LogP contribution in [0.5, 0.6) is 29.3 Å². The van der Waals surface area contributed by atoms with Gasteiger partial charge in [0.05, 0.1) is 12.0 Å². The number of carbonyl (C=O) groups is 3. The van der Waals surface area contributed by atoms with Gasteiger partial charge in [0.25, 0.3) is 17.7 Å². The molecule has 12 N–H and O–H groups in total. The van der Waals surface area contributed by atoms with Gasteiger partial charge in [-0.05, 0) is 24.3 Å². The van der Waals surface area contributed by atoms with E-state index in [-0.39, 0.29) is 57.9 Å². The molecule has 1 aliphatic rings. The van der Waals surface area contributed by atoms with Crippen molar-refractivity contribution < 1.29 is 28.6 Å². The number of nitrogen functional groups attached to an aromatic ring is 1. The average Bonchev–Trinajstić information content (AvgIpc) is 2.84. The minimum absolute atomic E-state index is 0.0764. The van der Waals surface area contributed by atoms with Gasteiger partial charge in [-0.15, -0.1) is 0 Å². The number of nitrogens with zero attached hydrogens (tertiary/aromatic N) is 2. The number of amides is 3. The zero-order valence-corrected chi connectivity index (χ0v) is 20.0. The number of fused-ring (bicyclic) bond motifs is 1. The molecule has 1 aliphatic heterocycles. The van der Waals surface area contributed by atoms with E-state index in [4.69, 9.17) is 48.0 Å². The van der Waals surface area contributed by atoms with Crippen molar-refractivity contribution in [2.75, 3.05) is 10.6 Å². The number of ether oxygens (including phenoxy) is 3. The van der Waals surface area contributed by atoms with Crippen molar-refractivity contribution in [1.82, 2.24) is 9.97 Å². The highest BCUT2D eigenvalue weighted by atomic mass is 16.5. The fourth-order valence-electron chi connectivity index (χ4n) is 3.40. The molecule has 0 fully saturated rings. The summed E-state index contributed by atoms with van der Waals surface area (Å²) in [5, 5.41) is 20.2. The number of guanidine groups is 1. The Bertz CT molecular complexity index is 1530. The number of primary amides is 2. The summed E-state index contributed by atoms with van der Waals surface area (Å²) in [6.07, 6.45) is -1.73. The molecule has 16 nitrogen and oxygen atoms in total. The van der Waals surface area contributed by atoms with Crippen molar-refractivity contribution in [3.63, 3.8) is 0 Å². The number of anilines is 2. The van der Waals surface area contributed by atoms with Gasteiger partial charge >= 0.3 is 6.01 Å². The first-order chi connectivity index (χ1) is 18.5. The Hall–Kier alpha value is -5.93. The second-order valence-electron chi connectivity index (χ2n) is 8.02. The van der Waals surface area contributed by atoms with E-state index >= 15 is 0 Å². The summed E-state index contributed by atoms with van der Waals surface area (Å²) < 4.78 is 17.2. The number of amidine groups is 1. The summed E-state index contributed by atoms with van der Waals surface area (Å²) in [5.41, 5.74) is 22.1. The van der Waals surface area contributed by atoms with Gasteiger partial charge in [0.2, 0.25) is 11.8 Å². The van der Waals surface area contributed by atoms with Crippen molar-refractivity contribution in [3.8, 4) is 29.3 Å². The zero-order valence-electron chi connectivity index (χ0n) is 20.0. The van der Waals surface area contributed by atoms with Gasteiger partial charge in [-0.25, -0.2) is 0 Å². The lowest BCUT2D eigenvalue weighted by Gasteiger charge is -2.25. The lowest BCUT2D eigenvalue weighted by molar-refractivity contribution is -0.129. The predicted octanol–water partition coefficient (Wildman–Crippen LogP) is 0.324. The smallest absolute Gasteiger partial charge is 0.328 e. The second-order valence-corrected chi connectivity index (χ2v) is 8.02. The van der Waals surface area contributed by atoms with E-state index in [9.17, 15) is 14.4 Å². The first-order valence-corrected chi connectivity index (χ1v) is 11.0. The van der Waals surface area contributed by atoms with Crippen LogP contribution in [0.15, 0.2) is 42.5 Å². The van der Waals surface area contributed by atoms with Crippen molar-refractivity contribution in [2.24, 2.45) is 22.9 Å². The molecule has 2 heterocycles. The van der Waals surface area contributed by atoms with E-state index < -0.39 is 30.2 Å². The molecule has 0 aliphatic carbocycles. The lowest BCUT2D eigenvalue weighted by Crippen LogP contribution is -2.40. The van der Waals surface area contributed by atoms with Crippen molar-refractivity contribution >= 4 is 40.9 Å². The Morgan fingerprint density at radius 1 is 1.05 bits per heavy atom.